The van der Waals surface area contributed by atoms with Crippen LogP contribution in [-0.4, -0.2) is 26.4 Å². The highest BCUT2D eigenvalue weighted by Crippen LogP contribution is 2.20. The van der Waals surface area contributed by atoms with Gasteiger partial charge in [-0.1, -0.05) is 35.5 Å². The quantitative estimate of drug-likeness (QED) is 0.396. The number of ether oxygens (including phenoxy) is 1. The minimum atomic E-state index is -0.332. The number of carbonyl (C=O) groups excluding carboxylic acids is 1. The first-order valence-corrected chi connectivity index (χ1v) is 10.0. The number of anilines is 1. The van der Waals surface area contributed by atoms with E-state index in [0.29, 0.717) is 34.0 Å². The number of aromatic nitrogens is 3. The highest BCUT2D eigenvalue weighted by Gasteiger charge is 2.14. The van der Waals surface area contributed by atoms with Crippen molar-refractivity contribution in [3.05, 3.63) is 77.9 Å². The zero-order chi connectivity index (χ0) is 20.6. The van der Waals surface area contributed by atoms with Crippen molar-refractivity contribution in [2.75, 3.05) is 11.1 Å². The van der Waals surface area contributed by atoms with E-state index in [2.05, 4.69) is 22.1 Å². The van der Waals surface area contributed by atoms with Crippen LogP contribution in [-0.2, 0) is 17.9 Å². The maximum atomic E-state index is 13.0. The molecule has 1 amide bonds. The van der Waals surface area contributed by atoms with E-state index >= 15 is 0 Å². The number of nitrogens with zero attached hydrogens (tertiary/aromatic N) is 3. The average Bonchev–Trinajstić information content (AvgIpc) is 3.08. The molecule has 0 aliphatic heterocycles. The molecule has 1 N–H and O–H groups in total. The number of allylic oxidation sites excluding steroid dienone is 1. The summed E-state index contributed by atoms with van der Waals surface area (Å²) >= 11 is 7.18. The van der Waals surface area contributed by atoms with Crippen LogP contribution < -0.4 is 10.1 Å². The van der Waals surface area contributed by atoms with Crippen LogP contribution in [0.1, 0.15) is 5.82 Å². The summed E-state index contributed by atoms with van der Waals surface area (Å²) in [7, 11) is 0. The molecule has 0 saturated heterocycles. The minimum Gasteiger partial charge on any atom is -0.486 e. The van der Waals surface area contributed by atoms with Crippen LogP contribution in [0.25, 0.3) is 0 Å². The van der Waals surface area contributed by atoms with Crippen molar-refractivity contribution in [1.29, 1.82) is 0 Å². The van der Waals surface area contributed by atoms with Crippen molar-refractivity contribution in [2.45, 2.75) is 18.3 Å². The Balaban J connectivity index is 1.60. The number of hydrogen-bond acceptors (Lipinski definition) is 5. The Morgan fingerprint density at radius 1 is 1.28 bits per heavy atom. The lowest BCUT2D eigenvalue weighted by Gasteiger charge is -2.09. The van der Waals surface area contributed by atoms with Crippen LogP contribution in [0.5, 0.6) is 5.75 Å². The van der Waals surface area contributed by atoms with Crippen LogP contribution in [0.15, 0.2) is 66.3 Å². The third-order valence-corrected chi connectivity index (χ3v) is 4.93. The fraction of sp³-hybridized carbons (Fsp3) is 0.150. The summed E-state index contributed by atoms with van der Waals surface area (Å²) in [6, 6.07) is 12.7. The van der Waals surface area contributed by atoms with Crippen LogP contribution >= 0.6 is 23.4 Å². The Labute approximate surface area is 176 Å². The van der Waals surface area contributed by atoms with Crippen LogP contribution in [0, 0.1) is 5.82 Å². The van der Waals surface area contributed by atoms with Crippen molar-refractivity contribution in [2.24, 2.45) is 0 Å². The summed E-state index contributed by atoms with van der Waals surface area (Å²) < 4.78 is 20.4. The number of hydrogen-bond donors (Lipinski definition) is 1. The topological polar surface area (TPSA) is 69.0 Å². The van der Waals surface area contributed by atoms with Crippen molar-refractivity contribution >= 4 is 35.0 Å². The lowest BCUT2D eigenvalue weighted by Crippen LogP contribution is -2.15. The molecule has 0 atom stereocenters. The molecule has 0 spiro atoms. The maximum absolute atomic E-state index is 13.0. The number of carbonyl (C=O) groups is 1. The smallest absolute Gasteiger partial charge is 0.234 e. The van der Waals surface area contributed by atoms with Crippen molar-refractivity contribution < 1.29 is 13.9 Å². The van der Waals surface area contributed by atoms with Gasteiger partial charge in [0.1, 0.15) is 18.2 Å². The molecule has 150 valence electrons. The fourth-order valence-corrected chi connectivity index (χ4v) is 3.37. The van der Waals surface area contributed by atoms with Gasteiger partial charge in [-0.15, -0.1) is 16.8 Å². The Hall–Kier alpha value is -2.84. The molecule has 0 saturated carbocycles. The van der Waals surface area contributed by atoms with Gasteiger partial charge in [0, 0.05) is 17.3 Å². The summed E-state index contributed by atoms with van der Waals surface area (Å²) in [6.07, 6.45) is 1.71. The van der Waals surface area contributed by atoms with Gasteiger partial charge < -0.3 is 10.1 Å². The lowest BCUT2D eigenvalue weighted by atomic mass is 10.3. The van der Waals surface area contributed by atoms with E-state index in [1.54, 1.807) is 42.5 Å². The van der Waals surface area contributed by atoms with Gasteiger partial charge in [0.2, 0.25) is 5.91 Å². The normalized spacial score (nSPS) is 10.6. The molecule has 29 heavy (non-hydrogen) atoms. The zero-order valence-electron chi connectivity index (χ0n) is 15.3. The third kappa shape index (κ3) is 6.07. The number of rotatable bonds is 9. The van der Waals surface area contributed by atoms with Gasteiger partial charge in [0.25, 0.3) is 0 Å². The molecule has 6 nitrogen and oxygen atoms in total. The molecule has 9 heteroatoms. The monoisotopic (exact) mass is 432 g/mol. The number of benzene rings is 2. The predicted molar refractivity (Wildman–Crippen MR) is 112 cm³/mol. The standard InChI is InChI=1S/C20H18ClFN4O2S/c1-2-10-26-18(12-28-17-8-6-15(22)7-9-17)24-25-20(26)29-13-19(27)23-16-5-3-4-14(21)11-16/h2-9,11H,1,10,12-13H2,(H,23,27). The number of thioether (sulfide) groups is 1. The second-order valence-electron chi connectivity index (χ2n) is 5.89. The summed E-state index contributed by atoms with van der Waals surface area (Å²) in [4.78, 5) is 12.2. The van der Waals surface area contributed by atoms with Gasteiger partial charge in [0.15, 0.2) is 11.0 Å². The third-order valence-electron chi connectivity index (χ3n) is 3.73. The van der Waals surface area contributed by atoms with Crippen LogP contribution in [0.4, 0.5) is 10.1 Å². The van der Waals surface area contributed by atoms with Crippen LogP contribution in [0.3, 0.4) is 0 Å². The molecule has 0 unspecified atom stereocenters. The first kappa shape index (κ1) is 20.9. The molecule has 0 bridgehead atoms. The van der Waals surface area contributed by atoms with E-state index < -0.39 is 0 Å². The molecule has 0 fully saturated rings. The van der Waals surface area contributed by atoms with E-state index in [0.717, 1.165) is 0 Å². The van der Waals surface area contributed by atoms with E-state index in [1.165, 1.54) is 23.9 Å². The minimum absolute atomic E-state index is 0.153. The highest BCUT2D eigenvalue weighted by molar-refractivity contribution is 7.99. The summed E-state index contributed by atoms with van der Waals surface area (Å²) in [5.74, 6) is 0.735. The molecule has 1 aromatic heterocycles. The first-order valence-electron chi connectivity index (χ1n) is 8.64. The van der Waals surface area contributed by atoms with Crippen molar-refractivity contribution in [3.8, 4) is 5.75 Å². The second kappa shape index (κ2) is 10.1. The van der Waals surface area contributed by atoms with Crippen molar-refractivity contribution in [1.82, 2.24) is 14.8 Å². The molecular formula is C20H18ClFN4O2S. The number of nitrogens with one attached hydrogen (secondary N) is 1. The lowest BCUT2D eigenvalue weighted by molar-refractivity contribution is -0.113. The molecule has 3 aromatic rings. The highest BCUT2D eigenvalue weighted by atomic mass is 35.5. The van der Waals surface area contributed by atoms with Gasteiger partial charge in [-0.05, 0) is 42.5 Å². The van der Waals surface area contributed by atoms with Gasteiger partial charge in [-0.3, -0.25) is 9.36 Å². The Morgan fingerprint density at radius 3 is 2.79 bits per heavy atom. The SMILES string of the molecule is C=CCn1c(COc2ccc(F)cc2)nnc1SCC(=O)Nc1cccc(Cl)c1. The molecule has 3 rings (SSSR count). The van der Waals surface area contributed by atoms with Gasteiger partial charge in [0.05, 0.1) is 5.75 Å². The van der Waals surface area contributed by atoms with E-state index in [9.17, 15) is 9.18 Å². The van der Waals surface area contributed by atoms with E-state index in [4.69, 9.17) is 16.3 Å². The molecular weight excluding hydrogens is 415 g/mol. The van der Waals surface area contributed by atoms with E-state index in [-0.39, 0.29) is 24.1 Å². The van der Waals surface area contributed by atoms with Crippen molar-refractivity contribution in [3.63, 3.8) is 0 Å². The summed E-state index contributed by atoms with van der Waals surface area (Å²) in [6.45, 7) is 4.37. The Kier molecular flexibility index (Phi) is 7.26. The van der Waals surface area contributed by atoms with Crippen LogP contribution in [0.2, 0.25) is 5.02 Å². The molecule has 0 radical (unpaired) electrons. The summed E-state index contributed by atoms with van der Waals surface area (Å²) in [5, 5.41) is 12.2. The second-order valence-corrected chi connectivity index (χ2v) is 7.27. The van der Waals surface area contributed by atoms with Gasteiger partial charge in [-0.2, -0.15) is 0 Å². The zero-order valence-corrected chi connectivity index (χ0v) is 16.9. The molecule has 0 aliphatic carbocycles. The summed E-state index contributed by atoms with van der Waals surface area (Å²) in [5.41, 5.74) is 0.629. The van der Waals surface area contributed by atoms with Gasteiger partial charge >= 0.3 is 0 Å². The molecule has 1 heterocycles. The molecule has 2 aromatic carbocycles. The average molecular weight is 433 g/mol. The number of halogens is 2. The largest absolute Gasteiger partial charge is 0.486 e. The predicted octanol–water partition coefficient (Wildman–Crippen LogP) is 4.57. The number of amides is 1. The Bertz CT molecular complexity index is 994. The van der Waals surface area contributed by atoms with Gasteiger partial charge in [-0.25, -0.2) is 4.39 Å². The molecule has 0 aliphatic rings. The maximum Gasteiger partial charge on any atom is 0.234 e. The Morgan fingerprint density at radius 2 is 2.07 bits per heavy atom. The fourth-order valence-electron chi connectivity index (χ4n) is 2.42. The van der Waals surface area contributed by atoms with E-state index in [1.807, 2.05) is 4.57 Å². The first-order chi connectivity index (χ1) is 14.0.